The van der Waals surface area contributed by atoms with Gasteiger partial charge in [0.25, 0.3) is 5.91 Å². The van der Waals surface area contributed by atoms with Gasteiger partial charge in [-0.15, -0.1) is 11.3 Å². The van der Waals surface area contributed by atoms with Gasteiger partial charge in [0.1, 0.15) is 5.75 Å². The van der Waals surface area contributed by atoms with Crippen molar-refractivity contribution in [3.63, 3.8) is 0 Å². The summed E-state index contributed by atoms with van der Waals surface area (Å²) in [5.74, 6) is 0.511. The number of anilines is 1. The Kier molecular flexibility index (Phi) is 4.51. The van der Waals surface area contributed by atoms with Crippen molar-refractivity contribution >= 4 is 22.9 Å². The Labute approximate surface area is 133 Å². The first kappa shape index (κ1) is 14.4. The number of hydrogen-bond donors (Lipinski definition) is 1. The van der Waals surface area contributed by atoms with Gasteiger partial charge >= 0.3 is 0 Å². The van der Waals surface area contributed by atoms with Crippen molar-refractivity contribution in [1.82, 2.24) is 0 Å². The topological polar surface area (TPSA) is 38.3 Å². The van der Waals surface area contributed by atoms with E-state index in [2.05, 4.69) is 5.32 Å². The molecule has 0 saturated heterocycles. The first-order chi connectivity index (χ1) is 10.8. The number of thiophene rings is 1. The Hall–Kier alpha value is -2.59. The average molecular weight is 309 g/mol. The molecule has 3 nitrogen and oxygen atoms in total. The highest BCUT2D eigenvalue weighted by Gasteiger charge is 2.09. The van der Waals surface area contributed by atoms with Crippen LogP contribution in [0.2, 0.25) is 0 Å². The van der Waals surface area contributed by atoms with Gasteiger partial charge in [-0.1, -0.05) is 42.5 Å². The zero-order valence-corrected chi connectivity index (χ0v) is 12.7. The van der Waals surface area contributed by atoms with Crippen LogP contribution in [0.4, 0.5) is 5.69 Å². The quantitative estimate of drug-likeness (QED) is 0.757. The zero-order chi connectivity index (χ0) is 15.2. The van der Waals surface area contributed by atoms with E-state index in [1.165, 1.54) is 0 Å². The molecule has 0 spiro atoms. The van der Waals surface area contributed by atoms with Crippen LogP contribution in [0, 0.1) is 0 Å². The minimum atomic E-state index is -0.173. The SMILES string of the molecule is O=C(COc1ccccc1)Nc1ccccc1-c1cccs1. The highest BCUT2D eigenvalue weighted by Crippen LogP contribution is 2.31. The van der Waals surface area contributed by atoms with Crippen LogP contribution < -0.4 is 10.1 Å². The van der Waals surface area contributed by atoms with E-state index in [4.69, 9.17) is 4.74 Å². The second kappa shape index (κ2) is 6.91. The van der Waals surface area contributed by atoms with Crippen molar-refractivity contribution in [2.45, 2.75) is 0 Å². The van der Waals surface area contributed by atoms with E-state index in [0.29, 0.717) is 5.75 Å². The lowest BCUT2D eigenvalue weighted by Gasteiger charge is -2.10. The summed E-state index contributed by atoms with van der Waals surface area (Å²) in [4.78, 5) is 13.2. The van der Waals surface area contributed by atoms with Gasteiger partial charge in [-0.05, 0) is 29.6 Å². The van der Waals surface area contributed by atoms with Gasteiger partial charge in [0, 0.05) is 16.1 Å². The lowest BCUT2D eigenvalue weighted by atomic mass is 10.1. The van der Waals surface area contributed by atoms with Crippen LogP contribution >= 0.6 is 11.3 Å². The summed E-state index contributed by atoms with van der Waals surface area (Å²) in [5.41, 5.74) is 1.82. The molecule has 1 amide bonds. The number of nitrogens with one attached hydrogen (secondary N) is 1. The predicted molar refractivity (Wildman–Crippen MR) is 90.3 cm³/mol. The van der Waals surface area contributed by atoms with E-state index >= 15 is 0 Å². The fourth-order valence-corrected chi connectivity index (χ4v) is 2.86. The fourth-order valence-electron chi connectivity index (χ4n) is 2.09. The number of hydrogen-bond acceptors (Lipinski definition) is 3. The second-order valence-corrected chi connectivity index (χ2v) is 5.62. The van der Waals surface area contributed by atoms with E-state index in [9.17, 15) is 4.79 Å². The smallest absolute Gasteiger partial charge is 0.262 e. The second-order valence-electron chi connectivity index (χ2n) is 4.67. The first-order valence-corrected chi connectivity index (χ1v) is 7.81. The molecule has 3 rings (SSSR count). The molecule has 0 atom stereocenters. The highest BCUT2D eigenvalue weighted by molar-refractivity contribution is 7.13. The first-order valence-electron chi connectivity index (χ1n) is 6.93. The molecule has 3 aromatic rings. The average Bonchev–Trinajstić information content (AvgIpc) is 3.09. The summed E-state index contributed by atoms with van der Waals surface area (Å²) in [6.45, 7) is -0.0111. The van der Waals surface area contributed by atoms with E-state index in [0.717, 1.165) is 16.1 Å². The van der Waals surface area contributed by atoms with Gasteiger partial charge in [0.05, 0.1) is 0 Å². The van der Waals surface area contributed by atoms with E-state index in [-0.39, 0.29) is 12.5 Å². The van der Waals surface area contributed by atoms with Gasteiger partial charge in [-0.3, -0.25) is 4.79 Å². The molecule has 1 heterocycles. The number of para-hydroxylation sites is 2. The summed E-state index contributed by atoms with van der Waals surface area (Å²) in [6, 6.07) is 21.1. The van der Waals surface area contributed by atoms with E-state index < -0.39 is 0 Å². The third-order valence-corrected chi connectivity index (χ3v) is 4.00. The predicted octanol–water partition coefficient (Wildman–Crippen LogP) is 4.43. The van der Waals surface area contributed by atoms with Gasteiger partial charge in [0.15, 0.2) is 6.61 Å². The van der Waals surface area contributed by atoms with Crippen molar-refractivity contribution in [2.75, 3.05) is 11.9 Å². The number of benzene rings is 2. The summed E-state index contributed by atoms with van der Waals surface area (Å²) in [5, 5.41) is 4.93. The maximum atomic E-state index is 12.1. The number of amides is 1. The number of carbonyl (C=O) groups is 1. The van der Waals surface area contributed by atoms with E-state index in [1.807, 2.05) is 72.1 Å². The van der Waals surface area contributed by atoms with Gasteiger partial charge in [-0.25, -0.2) is 0 Å². The van der Waals surface area contributed by atoms with Crippen molar-refractivity contribution in [3.05, 3.63) is 72.1 Å². The molecule has 1 N–H and O–H groups in total. The Morgan fingerprint density at radius 1 is 0.955 bits per heavy atom. The fraction of sp³-hybridized carbons (Fsp3) is 0.0556. The summed E-state index contributed by atoms with van der Waals surface area (Å²) in [6.07, 6.45) is 0. The molecule has 0 aliphatic rings. The number of rotatable bonds is 5. The maximum Gasteiger partial charge on any atom is 0.262 e. The Morgan fingerprint density at radius 3 is 2.50 bits per heavy atom. The van der Waals surface area contributed by atoms with E-state index in [1.54, 1.807) is 11.3 Å². The number of carbonyl (C=O) groups excluding carboxylic acids is 1. The van der Waals surface area contributed by atoms with Gasteiger partial charge in [0.2, 0.25) is 0 Å². The maximum absolute atomic E-state index is 12.1. The third-order valence-electron chi connectivity index (χ3n) is 3.10. The monoisotopic (exact) mass is 309 g/mol. The summed E-state index contributed by atoms with van der Waals surface area (Å²) >= 11 is 1.64. The molecule has 0 aliphatic heterocycles. The minimum Gasteiger partial charge on any atom is -0.484 e. The highest BCUT2D eigenvalue weighted by atomic mass is 32.1. The normalized spacial score (nSPS) is 10.2. The molecule has 0 saturated carbocycles. The van der Waals surface area contributed by atoms with Crippen molar-refractivity contribution in [1.29, 1.82) is 0 Å². The molecule has 0 aliphatic carbocycles. The molecule has 0 bridgehead atoms. The summed E-state index contributed by atoms with van der Waals surface area (Å²) < 4.78 is 5.46. The van der Waals surface area contributed by atoms with Crippen LogP contribution in [-0.4, -0.2) is 12.5 Å². The molecule has 22 heavy (non-hydrogen) atoms. The molecule has 0 unspecified atom stereocenters. The molecule has 110 valence electrons. The zero-order valence-electron chi connectivity index (χ0n) is 11.9. The molecule has 1 aromatic heterocycles. The molecule has 0 fully saturated rings. The lowest BCUT2D eigenvalue weighted by molar-refractivity contribution is -0.118. The van der Waals surface area contributed by atoms with Gasteiger partial charge < -0.3 is 10.1 Å². The Balaban J connectivity index is 1.67. The lowest BCUT2D eigenvalue weighted by Crippen LogP contribution is -2.20. The van der Waals surface area contributed by atoms with Crippen LogP contribution in [0.3, 0.4) is 0 Å². The minimum absolute atomic E-state index is 0.0111. The molecule has 0 radical (unpaired) electrons. The van der Waals surface area contributed by atoms with Crippen LogP contribution in [0.15, 0.2) is 72.1 Å². The molecular formula is C18H15NO2S. The standard InChI is InChI=1S/C18H15NO2S/c20-18(13-21-14-7-2-1-3-8-14)19-16-10-5-4-9-15(16)17-11-6-12-22-17/h1-12H,13H2,(H,19,20). The third kappa shape index (κ3) is 3.54. The Bertz CT molecular complexity index is 739. The van der Waals surface area contributed by atoms with Crippen LogP contribution in [0.1, 0.15) is 0 Å². The largest absolute Gasteiger partial charge is 0.484 e. The molecule has 2 aromatic carbocycles. The van der Waals surface area contributed by atoms with Crippen molar-refractivity contribution in [2.24, 2.45) is 0 Å². The molecule has 4 heteroatoms. The van der Waals surface area contributed by atoms with Crippen LogP contribution in [-0.2, 0) is 4.79 Å². The van der Waals surface area contributed by atoms with Gasteiger partial charge in [-0.2, -0.15) is 0 Å². The van der Waals surface area contributed by atoms with Crippen molar-refractivity contribution < 1.29 is 9.53 Å². The Morgan fingerprint density at radius 2 is 1.73 bits per heavy atom. The van der Waals surface area contributed by atoms with Crippen LogP contribution in [0.5, 0.6) is 5.75 Å². The molecular weight excluding hydrogens is 294 g/mol. The van der Waals surface area contributed by atoms with Crippen molar-refractivity contribution in [3.8, 4) is 16.2 Å². The number of ether oxygens (including phenoxy) is 1. The summed E-state index contributed by atoms with van der Waals surface area (Å²) in [7, 11) is 0. The van der Waals surface area contributed by atoms with Crippen LogP contribution in [0.25, 0.3) is 10.4 Å².